The summed E-state index contributed by atoms with van der Waals surface area (Å²) in [6.45, 7) is 0. The smallest absolute Gasteiger partial charge is 0.410 e. The fourth-order valence-electron chi connectivity index (χ4n) is 1.52. The molecule has 4 N–H and O–H groups in total. The van der Waals surface area contributed by atoms with Gasteiger partial charge < -0.3 is 10.5 Å². The van der Waals surface area contributed by atoms with Crippen molar-refractivity contribution in [2.24, 2.45) is 5.73 Å². The average Bonchev–Trinajstić information content (AvgIpc) is 2.42. The van der Waals surface area contributed by atoms with Gasteiger partial charge in [0, 0.05) is 5.56 Å². The van der Waals surface area contributed by atoms with Crippen molar-refractivity contribution in [2.45, 2.75) is 0 Å². The van der Waals surface area contributed by atoms with Crippen LogP contribution in [0, 0.1) is 11.2 Å². The molecule has 6 heteroatoms. The molecule has 0 atom stereocenters. The first-order valence-corrected chi connectivity index (χ1v) is 5.74. The van der Waals surface area contributed by atoms with Crippen molar-refractivity contribution in [1.82, 2.24) is 0 Å². The minimum Gasteiger partial charge on any atom is -0.410 e. The fourth-order valence-corrected chi connectivity index (χ4v) is 1.52. The molecule has 2 rings (SSSR count). The van der Waals surface area contributed by atoms with Crippen molar-refractivity contribution in [3.05, 3.63) is 59.9 Å². The predicted octanol–water partition coefficient (Wildman–Crippen LogP) is 2.72. The van der Waals surface area contributed by atoms with E-state index in [0.717, 1.165) is 6.07 Å². The van der Waals surface area contributed by atoms with E-state index in [-0.39, 0.29) is 17.1 Å². The monoisotopic (exact) mass is 273 g/mol. The molecule has 102 valence electrons. The van der Waals surface area contributed by atoms with E-state index in [1.165, 1.54) is 12.1 Å². The molecule has 2 aromatic carbocycles. The lowest BCUT2D eigenvalue weighted by molar-refractivity contribution is 0.215. The molecule has 0 saturated carbocycles. The largest absolute Gasteiger partial charge is 0.417 e. The third kappa shape index (κ3) is 3.32. The summed E-state index contributed by atoms with van der Waals surface area (Å²) in [4.78, 5) is 11.6. The maximum atomic E-state index is 13.7. The zero-order valence-electron chi connectivity index (χ0n) is 10.4. The Morgan fingerprint density at radius 2 is 1.90 bits per heavy atom. The number of para-hydroxylation sites is 1. The van der Waals surface area contributed by atoms with Crippen LogP contribution in [0.1, 0.15) is 5.56 Å². The van der Waals surface area contributed by atoms with Crippen LogP contribution in [0.5, 0.6) is 5.75 Å². The molecule has 0 unspecified atom stereocenters. The zero-order valence-corrected chi connectivity index (χ0v) is 10.4. The zero-order chi connectivity index (χ0) is 14.5. The Morgan fingerprint density at radius 1 is 1.20 bits per heavy atom. The summed E-state index contributed by atoms with van der Waals surface area (Å²) in [7, 11) is 0. The van der Waals surface area contributed by atoms with Gasteiger partial charge >= 0.3 is 6.09 Å². The topological polar surface area (TPSA) is 88.2 Å². The number of hydrogen-bond acceptors (Lipinski definition) is 3. The van der Waals surface area contributed by atoms with E-state index in [1.807, 2.05) is 0 Å². The number of carbonyl (C=O) groups excluding carboxylic acids is 1. The third-order valence-electron chi connectivity index (χ3n) is 2.47. The Bertz CT molecular complexity index is 644. The van der Waals surface area contributed by atoms with Gasteiger partial charge in [-0.2, -0.15) is 0 Å². The number of amidine groups is 1. The summed E-state index contributed by atoms with van der Waals surface area (Å²) in [5.74, 6) is -0.587. The van der Waals surface area contributed by atoms with Crippen LogP contribution in [0.4, 0.5) is 14.9 Å². The second kappa shape index (κ2) is 5.83. The molecule has 0 saturated heterocycles. The molecule has 0 radical (unpaired) electrons. The van der Waals surface area contributed by atoms with Crippen LogP contribution >= 0.6 is 0 Å². The molecule has 5 nitrogen and oxygen atoms in total. The molecule has 1 amide bonds. The summed E-state index contributed by atoms with van der Waals surface area (Å²) in [5.41, 5.74) is 5.44. The number of halogens is 1. The number of ether oxygens (including phenoxy) is 1. The lowest BCUT2D eigenvalue weighted by Crippen LogP contribution is -2.18. The van der Waals surface area contributed by atoms with Gasteiger partial charge in [-0.25, -0.2) is 9.18 Å². The van der Waals surface area contributed by atoms with Crippen molar-refractivity contribution in [2.75, 3.05) is 5.32 Å². The van der Waals surface area contributed by atoms with Crippen LogP contribution in [-0.2, 0) is 0 Å². The molecule has 0 heterocycles. The first kappa shape index (κ1) is 13.5. The molecule has 0 fully saturated rings. The van der Waals surface area contributed by atoms with Gasteiger partial charge in [0.15, 0.2) is 0 Å². The SMILES string of the molecule is N=C(N)c1ccc(NC(=O)Oc2ccccc2)c(F)c1. The highest BCUT2D eigenvalue weighted by atomic mass is 19.1. The van der Waals surface area contributed by atoms with Crippen molar-refractivity contribution < 1.29 is 13.9 Å². The Labute approximate surface area is 114 Å². The third-order valence-corrected chi connectivity index (χ3v) is 2.47. The van der Waals surface area contributed by atoms with Crippen LogP contribution in [0.3, 0.4) is 0 Å². The van der Waals surface area contributed by atoms with Crippen LogP contribution in [-0.4, -0.2) is 11.9 Å². The normalized spacial score (nSPS) is 9.85. The molecule has 0 bridgehead atoms. The van der Waals surface area contributed by atoms with Crippen molar-refractivity contribution in [3.63, 3.8) is 0 Å². The number of nitrogens with one attached hydrogen (secondary N) is 2. The Kier molecular flexibility index (Phi) is 3.95. The highest BCUT2D eigenvalue weighted by molar-refractivity contribution is 5.96. The number of amides is 1. The molecular formula is C14H12FN3O2. The number of rotatable bonds is 3. The predicted molar refractivity (Wildman–Crippen MR) is 73.5 cm³/mol. The summed E-state index contributed by atoms with van der Waals surface area (Å²) in [5, 5.41) is 9.47. The molecule has 0 aliphatic rings. The molecule has 0 aliphatic carbocycles. The molecule has 0 aliphatic heterocycles. The van der Waals surface area contributed by atoms with E-state index in [2.05, 4.69) is 5.32 Å². The van der Waals surface area contributed by atoms with Crippen molar-refractivity contribution in [1.29, 1.82) is 5.41 Å². The van der Waals surface area contributed by atoms with Gasteiger partial charge in [0.25, 0.3) is 0 Å². The van der Waals surface area contributed by atoms with E-state index < -0.39 is 11.9 Å². The first-order chi connectivity index (χ1) is 9.56. The maximum absolute atomic E-state index is 13.7. The van der Waals surface area contributed by atoms with Gasteiger partial charge in [-0.15, -0.1) is 0 Å². The van der Waals surface area contributed by atoms with E-state index >= 15 is 0 Å². The van der Waals surface area contributed by atoms with Crippen molar-refractivity contribution in [3.8, 4) is 5.75 Å². The van der Waals surface area contributed by atoms with Crippen LogP contribution in [0.15, 0.2) is 48.5 Å². The summed E-state index contributed by atoms with van der Waals surface area (Å²) < 4.78 is 18.7. The lowest BCUT2D eigenvalue weighted by Gasteiger charge is -2.08. The minimum absolute atomic E-state index is 0.0454. The number of nitrogen functional groups attached to an aromatic ring is 1. The molecule has 0 spiro atoms. The second-order valence-corrected chi connectivity index (χ2v) is 3.94. The quantitative estimate of drug-likeness (QED) is 0.593. The molecular weight excluding hydrogens is 261 g/mol. The Hall–Kier alpha value is -2.89. The lowest BCUT2D eigenvalue weighted by atomic mass is 10.2. The minimum atomic E-state index is -0.800. The van der Waals surface area contributed by atoms with Gasteiger partial charge in [-0.3, -0.25) is 10.7 Å². The van der Waals surface area contributed by atoms with E-state index in [1.54, 1.807) is 30.3 Å². The number of nitrogens with two attached hydrogens (primary N) is 1. The summed E-state index contributed by atoms with van der Waals surface area (Å²) in [6.07, 6.45) is -0.800. The van der Waals surface area contributed by atoms with Gasteiger partial charge in [-0.05, 0) is 30.3 Å². The van der Waals surface area contributed by atoms with E-state index in [4.69, 9.17) is 15.9 Å². The number of benzene rings is 2. The Morgan fingerprint density at radius 3 is 2.50 bits per heavy atom. The van der Waals surface area contributed by atoms with Gasteiger partial charge in [-0.1, -0.05) is 18.2 Å². The molecule has 0 aromatic heterocycles. The second-order valence-electron chi connectivity index (χ2n) is 3.94. The van der Waals surface area contributed by atoms with Gasteiger partial charge in [0.2, 0.25) is 0 Å². The highest BCUT2D eigenvalue weighted by Crippen LogP contribution is 2.16. The van der Waals surface area contributed by atoms with Crippen LogP contribution in [0.25, 0.3) is 0 Å². The van der Waals surface area contributed by atoms with Crippen LogP contribution in [0.2, 0.25) is 0 Å². The van der Waals surface area contributed by atoms with Crippen molar-refractivity contribution >= 4 is 17.6 Å². The van der Waals surface area contributed by atoms with Gasteiger partial charge in [0.1, 0.15) is 17.4 Å². The maximum Gasteiger partial charge on any atom is 0.417 e. The van der Waals surface area contributed by atoms with Gasteiger partial charge in [0.05, 0.1) is 5.69 Å². The standard InChI is InChI=1S/C14H12FN3O2/c15-11-8-9(13(16)17)6-7-12(11)18-14(19)20-10-4-2-1-3-5-10/h1-8H,(H3,16,17)(H,18,19). The molecule has 20 heavy (non-hydrogen) atoms. The summed E-state index contributed by atoms with van der Waals surface area (Å²) in [6, 6.07) is 12.2. The average molecular weight is 273 g/mol. The molecule has 2 aromatic rings. The number of hydrogen-bond donors (Lipinski definition) is 3. The Balaban J connectivity index is 2.06. The van der Waals surface area contributed by atoms with Crippen LogP contribution < -0.4 is 15.8 Å². The number of carbonyl (C=O) groups is 1. The first-order valence-electron chi connectivity index (χ1n) is 5.74. The van der Waals surface area contributed by atoms with E-state index in [0.29, 0.717) is 5.75 Å². The fraction of sp³-hybridized carbons (Fsp3) is 0. The summed E-state index contributed by atoms with van der Waals surface area (Å²) >= 11 is 0. The number of anilines is 1. The van der Waals surface area contributed by atoms with E-state index in [9.17, 15) is 9.18 Å². The highest BCUT2D eigenvalue weighted by Gasteiger charge is 2.10.